The average molecular weight is 326 g/mol. The van der Waals surface area contributed by atoms with E-state index >= 15 is 0 Å². The van der Waals surface area contributed by atoms with Gasteiger partial charge in [0.1, 0.15) is 0 Å². The molecule has 1 rings (SSSR count). The standard InChI is InChI=1S/C10H15IO2S/c1-10(2)8(6-9(10)7-11)4-5-14(3,12)13/h5,9H,6-7H2,1-3H3. The molecule has 0 aromatic rings. The van der Waals surface area contributed by atoms with E-state index < -0.39 is 9.84 Å². The number of alkyl halides is 1. The van der Waals surface area contributed by atoms with Gasteiger partial charge in [0.05, 0.1) is 5.41 Å². The quantitative estimate of drug-likeness (QED) is 0.444. The third-order valence-electron chi connectivity index (χ3n) is 2.88. The summed E-state index contributed by atoms with van der Waals surface area (Å²) in [5, 5.41) is 1.19. The van der Waals surface area contributed by atoms with E-state index in [-0.39, 0.29) is 5.41 Å². The smallest absolute Gasteiger partial charge is 0.175 e. The highest BCUT2D eigenvalue weighted by Crippen LogP contribution is 2.50. The highest BCUT2D eigenvalue weighted by atomic mass is 127. The van der Waals surface area contributed by atoms with Crippen molar-refractivity contribution in [1.82, 2.24) is 0 Å². The van der Waals surface area contributed by atoms with Crippen LogP contribution < -0.4 is 0 Å². The predicted octanol–water partition coefficient (Wildman–Crippen LogP) is 2.55. The maximum atomic E-state index is 10.9. The molecular formula is C10H15IO2S. The first-order valence-corrected chi connectivity index (χ1v) is 7.97. The summed E-state index contributed by atoms with van der Waals surface area (Å²) < 4.78 is 22.9. The molecule has 0 aromatic carbocycles. The van der Waals surface area contributed by atoms with Crippen LogP contribution in [0.25, 0.3) is 0 Å². The average Bonchev–Trinajstić information content (AvgIpc) is 2.00. The number of halogens is 1. The Balaban J connectivity index is 2.91. The molecule has 0 radical (unpaired) electrons. The van der Waals surface area contributed by atoms with Gasteiger partial charge in [-0.15, -0.1) is 5.73 Å². The van der Waals surface area contributed by atoms with E-state index in [1.807, 2.05) is 0 Å². The molecule has 0 bridgehead atoms. The van der Waals surface area contributed by atoms with Crippen LogP contribution >= 0.6 is 22.6 Å². The van der Waals surface area contributed by atoms with Crippen LogP contribution in [-0.4, -0.2) is 19.1 Å². The van der Waals surface area contributed by atoms with Gasteiger partial charge in [-0.3, -0.25) is 0 Å². The summed E-state index contributed by atoms with van der Waals surface area (Å²) in [6.45, 7) is 4.30. The molecule has 0 aromatic heterocycles. The molecule has 1 aliphatic carbocycles. The summed E-state index contributed by atoms with van der Waals surface area (Å²) in [5.41, 5.74) is 4.17. The molecule has 0 heterocycles. The van der Waals surface area contributed by atoms with Crippen molar-refractivity contribution in [1.29, 1.82) is 0 Å². The minimum atomic E-state index is -3.03. The Kier molecular flexibility index (Phi) is 3.49. The van der Waals surface area contributed by atoms with Crippen LogP contribution in [0.3, 0.4) is 0 Å². The molecule has 1 unspecified atom stereocenters. The second-order valence-electron chi connectivity index (χ2n) is 4.35. The van der Waals surface area contributed by atoms with Gasteiger partial charge in [-0.05, 0) is 23.3 Å². The van der Waals surface area contributed by atoms with Gasteiger partial charge in [0.15, 0.2) is 9.84 Å². The van der Waals surface area contributed by atoms with E-state index in [1.165, 1.54) is 11.7 Å². The van der Waals surface area contributed by atoms with Gasteiger partial charge in [-0.2, -0.15) is 0 Å². The minimum absolute atomic E-state index is 0.127. The molecule has 1 fully saturated rings. The number of sulfone groups is 1. The van der Waals surface area contributed by atoms with E-state index in [0.717, 1.165) is 16.4 Å². The molecule has 0 amide bonds. The fourth-order valence-electron chi connectivity index (χ4n) is 1.55. The maximum Gasteiger partial charge on any atom is 0.175 e. The van der Waals surface area contributed by atoms with Gasteiger partial charge in [-0.25, -0.2) is 8.42 Å². The molecule has 0 saturated heterocycles. The van der Waals surface area contributed by atoms with Gasteiger partial charge >= 0.3 is 0 Å². The molecule has 4 heteroatoms. The summed E-state index contributed by atoms with van der Waals surface area (Å²) in [5.74, 6) is 0.665. The zero-order valence-electron chi connectivity index (χ0n) is 8.67. The van der Waals surface area contributed by atoms with Gasteiger partial charge in [0, 0.05) is 10.7 Å². The highest BCUT2D eigenvalue weighted by molar-refractivity contribution is 14.1. The summed E-state index contributed by atoms with van der Waals surface area (Å²) in [4.78, 5) is 0. The summed E-state index contributed by atoms with van der Waals surface area (Å²) in [7, 11) is -3.03. The fraction of sp³-hybridized carbons (Fsp3) is 0.700. The van der Waals surface area contributed by atoms with E-state index in [2.05, 4.69) is 42.2 Å². The van der Waals surface area contributed by atoms with Crippen molar-refractivity contribution >= 4 is 32.4 Å². The normalized spacial score (nSPS) is 25.1. The Labute approximate surface area is 99.5 Å². The van der Waals surface area contributed by atoms with Gasteiger partial charge in [0.25, 0.3) is 0 Å². The van der Waals surface area contributed by atoms with Crippen molar-refractivity contribution in [2.45, 2.75) is 20.3 Å². The Bertz CT molecular complexity index is 386. The summed E-state index contributed by atoms with van der Waals surface area (Å²) in [6, 6.07) is 0. The molecule has 0 N–H and O–H groups in total. The van der Waals surface area contributed by atoms with Crippen LogP contribution in [0.5, 0.6) is 0 Å². The van der Waals surface area contributed by atoms with Crippen LogP contribution in [0, 0.1) is 11.3 Å². The van der Waals surface area contributed by atoms with Crippen molar-refractivity contribution < 1.29 is 8.42 Å². The van der Waals surface area contributed by atoms with E-state index in [9.17, 15) is 8.42 Å². The van der Waals surface area contributed by atoms with Crippen molar-refractivity contribution in [3.8, 4) is 0 Å². The molecule has 2 nitrogen and oxygen atoms in total. The zero-order valence-corrected chi connectivity index (χ0v) is 11.6. The maximum absolute atomic E-state index is 10.9. The molecule has 1 aliphatic rings. The number of hydrogen-bond acceptors (Lipinski definition) is 2. The lowest BCUT2D eigenvalue weighted by Gasteiger charge is -2.45. The SMILES string of the molecule is CC1(C)C(=C=CS(C)(=O)=O)CC1CI. The molecule has 0 spiro atoms. The van der Waals surface area contributed by atoms with Crippen LogP contribution in [0.2, 0.25) is 0 Å². The van der Waals surface area contributed by atoms with Crippen molar-refractivity contribution in [2.24, 2.45) is 11.3 Å². The monoisotopic (exact) mass is 326 g/mol. The number of rotatable bonds is 2. The molecule has 0 aliphatic heterocycles. The van der Waals surface area contributed by atoms with Crippen molar-refractivity contribution in [3.05, 3.63) is 16.7 Å². The molecular weight excluding hydrogens is 311 g/mol. The van der Waals surface area contributed by atoms with Gasteiger partial charge in [-0.1, -0.05) is 36.4 Å². The topological polar surface area (TPSA) is 34.1 Å². The van der Waals surface area contributed by atoms with Gasteiger partial charge in [0.2, 0.25) is 0 Å². The lowest BCUT2D eigenvalue weighted by atomic mass is 9.60. The fourth-order valence-corrected chi connectivity index (χ4v) is 3.32. The largest absolute Gasteiger partial charge is 0.224 e. The zero-order chi connectivity index (χ0) is 11.0. The molecule has 1 saturated carbocycles. The Morgan fingerprint density at radius 2 is 2.21 bits per heavy atom. The number of allylic oxidation sites excluding steroid dienone is 1. The summed E-state index contributed by atoms with van der Waals surface area (Å²) >= 11 is 2.37. The van der Waals surface area contributed by atoms with Crippen LogP contribution in [0.1, 0.15) is 20.3 Å². The Morgan fingerprint density at radius 3 is 2.57 bits per heavy atom. The first kappa shape index (κ1) is 12.3. The Hall–Kier alpha value is 0.200. The van der Waals surface area contributed by atoms with E-state index in [4.69, 9.17) is 0 Å². The molecule has 80 valence electrons. The first-order chi connectivity index (χ1) is 6.27. The van der Waals surface area contributed by atoms with Crippen molar-refractivity contribution in [2.75, 3.05) is 10.7 Å². The van der Waals surface area contributed by atoms with E-state index in [1.54, 1.807) is 0 Å². The Morgan fingerprint density at radius 1 is 1.64 bits per heavy atom. The first-order valence-electron chi connectivity index (χ1n) is 4.49. The van der Waals surface area contributed by atoms with E-state index in [0.29, 0.717) is 5.92 Å². The second-order valence-corrected chi connectivity index (χ2v) is 7.12. The lowest BCUT2D eigenvalue weighted by molar-refractivity contribution is 0.196. The highest BCUT2D eigenvalue weighted by Gasteiger charge is 2.42. The minimum Gasteiger partial charge on any atom is -0.224 e. The predicted molar refractivity (Wildman–Crippen MR) is 67.2 cm³/mol. The third kappa shape index (κ3) is 2.61. The lowest BCUT2D eigenvalue weighted by Crippen LogP contribution is -2.38. The second kappa shape index (κ2) is 3.99. The van der Waals surface area contributed by atoms with Crippen LogP contribution in [-0.2, 0) is 9.84 Å². The van der Waals surface area contributed by atoms with Crippen LogP contribution in [0.4, 0.5) is 0 Å². The van der Waals surface area contributed by atoms with Crippen molar-refractivity contribution in [3.63, 3.8) is 0 Å². The molecule has 1 atom stereocenters. The molecule has 14 heavy (non-hydrogen) atoms. The number of hydrogen-bond donors (Lipinski definition) is 0. The third-order valence-corrected chi connectivity index (χ3v) is 4.49. The summed E-state index contributed by atoms with van der Waals surface area (Å²) in [6.07, 6.45) is 2.18. The van der Waals surface area contributed by atoms with Gasteiger partial charge < -0.3 is 0 Å². The van der Waals surface area contributed by atoms with Crippen LogP contribution in [0.15, 0.2) is 16.7 Å².